The predicted octanol–water partition coefficient (Wildman–Crippen LogP) is 1.81. The van der Waals surface area contributed by atoms with Crippen molar-refractivity contribution in [2.45, 2.75) is 0 Å². The van der Waals surface area contributed by atoms with Crippen LogP contribution in [0.1, 0.15) is 5.56 Å². The molecule has 0 spiro atoms. The number of carboxylic acids is 1. The molecule has 0 aliphatic carbocycles. The zero-order chi connectivity index (χ0) is 12.8. The molecule has 0 unspecified atom stereocenters. The van der Waals surface area contributed by atoms with Crippen molar-refractivity contribution in [2.24, 2.45) is 0 Å². The lowest BCUT2D eigenvalue weighted by atomic mass is 10.1. The number of ether oxygens (including phenoxy) is 3. The standard InChI is InChI=1S/C12H14O5/c1-15-8-6-10(16-2)9(4-5-12(13)14)11(7-8)17-3/h4-7H,1-3H3,(H,13,14)/b5-4-. The largest absolute Gasteiger partial charge is 0.496 e. The molecule has 0 saturated heterocycles. The van der Waals surface area contributed by atoms with Crippen LogP contribution in [0, 0.1) is 0 Å². The highest BCUT2D eigenvalue weighted by atomic mass is 16.5. The molecule has 0 heterocycles. The van der Waals surface area contributed by atoms with Crippen LogP contribution >= 0.6 is 0 Å². The fourth-order valence-electron chi connectivity index (χ4n) is 1.35. The predicted molar refractivity (Wildman–Crippen MR) is 62.8 cm³/mol. The highest BCUT2D eigenvalue weighted by Gasteiger charge is 2.10. The van der Waals surface area contributed by atoms with Gasteiger partial charge in [0.25, 0.3) is 0 Å². The maximum Gasteiger partial charge on any atom is 0.328 e. The zero-order valence-electron chi connectivity index (χ0n) is 9.89. The molecule has 0 aliphatic rings. The maximum atomic E-state index is 10.5. The van der Waals surface area contributed by atoms with Crippen LogP contribution < -0.4 is 14.2 Å². The van der Waals surface area contributed by atoms with Crippen LogP contribution in [0.4, 0.5) is 0 Å². The first-order valence-electron chi connectivity index (χ1n) is 4.83. The normalized spacial score (nSPS) is 10.3. The SMILES string of the molecule is COc1cc(OC)c(/C=C\C(=O)O)c(OC)c1. The van der Waals surface area contributed by atoms with Gasteiger partial charge in [-0.05, 0) is 6.08 Å². The van der Waals surface area contributed by atoms with Gasteiger partial charge in [0.05, 0.1) is 26.9 Å². The van der Waals surface area contributed by atoms with Gasteiger partial charge in [0.15, 0.2) is 0 Å². The molecule has 1 aromatic carbocycles. The van der Waals surface area contributed by atoms with E-state index in [4.69, 9.17) is 19.3 Å². The molecule has 0 bridgehead atoms. The highest BCUT2D eigenvalue weighted by Crippen LogP contribution is 2.34. The van der Waals surface area contributed by atoms with Gasteiger partial charge >= 0.3 is 5.97 Å². The lowest BCUT2D eigenvalue weighted by molar-refractivity contribution is -0.131. The molecule has 17 heavy (non-hydrogen) atoms. The zero-order valence-corrected chi connectivity index (χ0v) is 9.89. The summed E-state index contributed by atoms with van der Waals surface area (Å²) in [5.41, 5.74) is 0.554. The molecule has 1 aromatic rings. The van der Waals surface area contributed by atoms with Gasteiger partial charge in [0, 0.05) is 18.2 Å². The van der Waals surface area contributed by atoms with Gasteiger partial charge in [-0.25, -0.2) is 4.79 Å². The lowest BCUT2D eigenvalue weighted by Crippen LogP contribution is -1.95. The third-order valence-electron chi connectivity index (χ3n) is 2.15. The molecular formula is C12H14O5. The van der Waals surface area contributed by atoms with Crippen molar-refractivity contribution in [3.8, 4) is 17.2 Å². The smallest absolute Gasteiger partial charge is 0.328 e. The lowest BCUT2D eigenvalue weighted by Gasteiger charge is -2.12. The molecule has 92 valence electrons. The molecule has 0 amide bonds. The summed E-state index contributed by atoms with van der Waals surface area (Å²) in [5.74, 6) is 0.508. The molecule has 1 rings (SSSR count). The van der Waals surface area contributed by atoms with E-state index in [2.05, 4.69) is 0 Å². The molecular weight excluding hydrogens is 224 g/mol. The first-order valence-corrected chi connectivity index (χ1v) is 4.83. The van der Waals surface area contributed by atoms with Crippen LogP contribution in [0.15, 0.2) is 18.2 Å². The molecule has 0 saturated carbocycles. The van der Waals surface area contributed by atoms with E-state index in [9.17, 15) is 4.79 Å². The Balaban J connectivity index is 3.29. The van der Waals surface area contributed by atoms with Crippen molar-refractivity contribution >= 4 is 12.0 Å². The Kier molecular flexibility index (Phi) is 4.39. The monoisotopic (exact) mass is 238 g/mol. The van der Waals surface area contributed by atoms with E-state index in [0.717, 1.165) is 6.08 Å². The Hall–Kier alpha value is -2.17. The van der Waals surface area contributed by atoms with E-state index in [0.29, 0.717) is 22.8 Å². The minimum Gasteiger partial charge on any atom is -0.496 e. The minimum absolute atomic E-state index is 0.485. The van der Waals surface area contributed by atoms with E-state index < -0.39 is 5.97 Å². The molecule has 0 aliphatic heterocycles. The molecule has 0 radical (unpaired) electrons. The number of carbonyl (C=O) groups is 1. The summed E-state index contributed by atoms with van der Waals surface area (Å²) in [6.07, 6.45) is 2.44. The summed E-state index contributed by atoms with van der Waals surface area (Å²) in [5, 5.41) is 8.61. The number of hydrogen-bond donors (Lipinski definition) is 1. The van der Waals surface area contributed by atoms with Crippen molar-refractivity contribution in [2.75, 3.05) is 21.3 Å². The third kappa shape index (κ3) is 3.14. The molecule has 5 heteroatoms. The second-order valence-corrected chi connectivity index (χ2v) is 3.12. The van der Waals surface area contributed by atoms with Crippen LogP contribution in [0.2, 0.25) is 0 Å². The van der Waals surface area contributed by atoms with E-state index in [1.165, 1.54) is 27.4 Å². The molecule has 1 N–H and O–H groups in total. The Morgan fingerprint density at radius 2 is 1.65 bits per heavy atom. The molecule has 0 fully saturated rings. The van der Waals surface area contributed by atoms with Gasteiger partial charge in [-0.3, -0.25) is 0 Å². The summed E-state index contributed by atoms with van der Waals surface area (Å²) in [6, 6.07) is 3.31. The van der Waals surface area contributed by atoms with Gasteiger partial charge in [0.1, 0.15) is 17.2 Å². The van der Waals surface area contributed by atoms with Crippen molar-refractivity contribution in [1.29, 1.82) is 0 Å². The second kappa shape index (κ2) is 5.79. The second-order valence-electron chi connectivity index (χ2n) is 3.12. The summed E-state index contributed by atoms with van der Waals surface area (Å²) in [6.45, 7) is 0. The van der Waals surface area contributed by atoms with Gasteiger partial charge in [0.2, 0.25) is 0 Å². The maximum absolute atomic E-state index is 10.5. The quantitative estimate of drug-likeness (QED) is 0.792. The fourth-order valence-corrected chi connectivity index (χ4v) is 1.35. The Morgan fingerprint density at radius 3 is 2.00 bits per heavy atom. The van der Waals surface area contributed by atoms with Gasteiger partial charge < -0.3 is 19.3 Å². The number of methoxy groups -OCH3 is 3. The first-order chi connectivity index (χ1) is 8.12. The average Bonchev–Trinajstić information content (AvgIpc) is 2.34. The van der Waals surface area contributed by atoms with Crippen LogP contribution in [0.25, 0.3) is 6.08 Å². The van der Waals surface area contributed by atoms with Crippen molar-refractivity contribution in [3.63, 3.8) is 0 Å². The van der Waals surface area contributed by atoms with E-state index in [1.807, 2.05) is 0 Å². The average molecular weight is 238 g/mol. The van der Waals surface area contributed by atoms with Crippen LogP contribution in [-0.2, 0) is 4.79 Å². The minimum atomic E-state index is -1.04. The number of aliphatic carboxylic acids is 1. The third-order valence-corrected chi connectivity index (χ3v) is 2.15. The summed E-state index contributed by atoms with van der Waals surface area (Å²) >= 11 is 0. The van der Waals surface area contributed by atoms with Gasteiger partial charge in [-0.15, -0.1) is 0 Å². The van der Waals surface area contributed by atoms with Crippen LogP contribution in [0.5, 0.6) is 17.2 Å². The number of carboxylic acid groups (broad SMARTS) is 1. The Labute approximate surface area is 99.2 Å². The summed E-state index contributed by atoms with van der Waals surface area (Å²) in [4.78, 5) is 10.5. The summed E-state index contributed by atoms with van der Waals surface area (Å²) in [7, 11) is 4.51. The number of benzene rings is 1. The van der Waals surface area contributed by atoms with Crippen molar-refractivity contribution < 1.29 is 24.1 Å². The highest BCUT2D eigenvalue weighted by molar-refractivity contribution is 5.87. The van der Waals surface area contributed by atoms with E-state index >= 15 is 0 Å². The van der Waals surface area contributed by atoms with Crippen molar-refractivity contribution in [3.05, 3.63) is 23.8 Å². The van der Waals surface area contributed by atoms with Crippen LogP contribution in [0.3, 0.4) is 0 Å². The van der Waals surface area contributed by atoms with Gasteiger partial charge in [-0.2, -0.15) is 0 Å². The Morgan fingerprint density at radius 1 is 1.12 bits per heavy atom. The molecule has 0 aromatic heterocycles. The van der Waals surface area contributed by atoms with Crippen molar-refractivity contribution in [1.82, 2.24) is 0 Å². The van der Waals surface area contributed by atoms with Crippen LogP contribution in [-0.4, -0.2) is 32.4 Å². The molecule has 5 nitrogen and oxygen atoms in total. The molecule has 0 atom stereocenters. The number of hydrogen-bond acceptors (Lipinski definition) is 4. The van der Waals surface area contributed by atoms with Gasteiger partial charge in [-0.1, -0.05) is 0 Å². The summed E-state index contributed by atoms with van der Waals surface area (Å²) < 4.78 is 15.4. The first kappa shape index (κ1) is 12.9. The number of rotatable bonds is 5. The van der Waals surface area contributed by atoms with E-state index in [1.54, 1.807) is 12.1 Å². The Bertz CT molecular complexity index is 412. The fraction of sp³-hybridized carbons (Fsp3) is 0.250. The van der Waals surface area contributed by atoms with E-state index in [-0.39, 0.29) is 0 Å². The topological polar surface area (TPSA) is 65.0 Å².